The van der Waals surface area contributed by atoms with Crippen molar-refractivity contribution < 1.29 is 32.2 Å². The zero-order chi connectivity index (χ0) is 19.3. The lowest BCUT2D eigenvalue weighted by Crippen LogP contribution is -2.46. The number of nitrogens with zero attached hydrogens (tertiary/aromatic N) is 1. The van der Waals surface area contributed by atoms with E-state index in [2.05, 4.69) is 5.43 Å². The molecule has 0 aromatic heterocycles. The second-order valence-corrected chi connectivity index (χ2v) is 5.70. The van der Waals surface area contributed by atoms with Gasteiger partial charge in [0.1, 0.15) is 5.75 Å². The highest BCUT2D eigenvalue weighted by atomic mass is 19.4. The van der Waals surface area contributed by atoms with E-state index in [1.165, 1.54) is 20.1 Å². The molecule has 1 unspecified atom stereocenters. The molecule has 142 valence electrons. The van der Waals surface area contributed by atoms with Crippen LogP contribution in [0.1, 0.15) is 19.8 Å². The van der Waals surface area contributed by atoms with E-state index in [0.717, 1.165) is 0 Å². The monoisotopic (exact) mass is 372 g/mol. The Morgan fingerprint density at radius 3 is 2.54 bits per heavy atom. The van der Waals surface area contributed by atoms with Crippen molar-refractivity contribution in [2.24, 2.45) is 5.92 Å². The normalized spacial score (nSPS) is 16.2. The van der Waals surface area contributed by atoms with Crippen LogP contribution in [0.3, 0.4) is 0 Å². The van der Waals surface area contributed by atoms with Crippen LogP contribution < -0.4 is 10.2 Å². The van der Waals surface area contributed by atoms with Crippen molar-refractivity contribution in [3.8, 4) is 5.75 Å². The quantitative estimate of drug-likeness (QED) is 0.588. The van der Waals surface area contributed by atoms with Gasteiger partial charge in [-0.3, -0.25) is 15.0 Å². The van der Waals surface area contributed by atoms with E-state index in [9.17, 15) is 22.8 Å². The molecule has 1 aromatic rings. The molecule has 26 heavy (non-hydrogen) atoms. The smallest absolute Gasteiger partial charge is 0.473 e. The fourth-order valence-corrected chi connectivity index (χ4v) is 2.45. The molecule has 0 saturated carbocycles. The first-order valence-electron chi connectivity index (χ1n) is 7.87. The van der Waals surface area contributed by atoms with Crippen molar-refractivity contribution in [2.45, 2.75) is 25.9 Å². The van der Waals surface area contributed by atoms with Crippen LogP contribution >= 0.6 is 0 Å². The third kappa shape index (κ3) is 4.90. The van der Waals surface area contributed by atoms with Crippen LogP contribution in [-0.2, 0) is 14.3 Å². The highest BCUT2D eigenvalue weighted by molar-refractivity contribution is 5.85. The molecule has 0 spiro atoms. The number of allylic oxidation sites excluding steroid dienone is 2. The highest BCUT2D eigenvalue weighted by Gasteiger charge is 2.45. The van der Waals surface area contributed by atoms with Crippen molar-refractivity contribution in [2.75, 3.05) is 19.1 Å². The van der Waals surface area contributed by atoms with Crippen molar-refractivity contribution in [3.05, 3.63) is 36.0 Å². The lowest BCUT2D eigenvalue weighted by molar-refractivity contribution is -0.182. The van der Waals surface area contributed by atoms with Crippen LogP contribution in [-0.4, -0.2) is 36.8 Å². The molecular formula is C17H19F3N2O4. The summed E-state index contributed by atoms with van der Waals surface area (Å²) >= 11 is 0. The standard InChI is InChI=1S/C17H19F3N2O4/c1-11(23)26-8-7-12-9-13(10-12)22(16(24)17(18,19)20)21-14-5-3-4-6-15(14)25-2/h3-6,9,12,21H,7-8,10H2,1-2H3. The topological polar surface area (TPSA) is 67.9 Å². The molecule has 1 aromatic carbocycles. The van der Waals surface area contributed by atoms with Gasteiger partial charge in [-0.25, -0.2) is 5.01 Å². The van der Waals surface area contributed by atoms with Gasteiger partial charge in [0.15, 0.2) is 0 Å². The average molecular weight is 372 g/mol. The molecule has 1 atom stereocenters. The number of ether oxygens (including phenoxy) is 2. The van der Waals surface area contributed by atoms with Gasteiger partial charge in [0, 0.05) is 12.6 Å². The Morgan fingerprint density at radius 1 is 1.31 bits per heavy atom. The van der Waals surface area contributed by atoms with Gasteiger partial charge in [-0.05, 0) is 30.9 Å². The van der Waals surface area contributed by atoms with Gasteiger partial charge in [0.2, 0.25) is 0 Å². The number of carbonyl (C=O) groups is 2. The zero-order valence-electron chi connectivity index (χ0n) is 14.3. The van der Waals surface area contributed by atoms with Crippen molar-refractivity contribution >= 4 is 17.6 Å². The molecule has 0 bridgehead atoms. The van der Waals surface area contributed by atoms with Gasteiger partial charge in [-0.15, -0.1) is 0 Å². The van der Waals surface area contributed by atoms with E-state index in [1.807, 2.05) is 0 Å². The second-order valence-electron chi connectivity index (χ2n) is 5.70. The molecule has 0 radical (unpaired) electrons. The molecule has 2 rings (SSSR count). The number of hydrogen-bond donors (Lipinski definition) is 1. The lowest BCUT2D eigenvalue weighted by Gasteiger charge is -2.35. The Bertz CT molecular complexity index is 703. The minimum atomic E-state index is -5.03. The van der Waals surface area contributed by atoms with E-state index in [4.69, 9.17) is 9.47 Å². The molecule has 1 amide bonds. The minimum absolute atomic E-state index is 0.0626. The first-order chi connectivity index (χ1) is 12.2. The van der Waals surface area contributed by atoms with Crippen molar-refractivity contribution in [3.63, 3.8) is 0 Å². The number of anilines is 1. The van der Waals surface area contributed by atoms with Crippen molar-refractivity contribution in [1.29, 1.82) is 0 Å². The summed E-state index contributed by atoms with van der Waals surface area (Å²) in [6, 6.07) is 6.34. The number of esters is 1. The number of methoxy groups -OCH3 is 1. The number of halogens is 3. The maximum absolute atomic E-state index is 12.9. The number of nitrogens with one attached hydrogen (secondary N) is 1. The van der Waals surface area contributed by atoms with Gasteiger partial charge in [-0.2, -0.15) is 13.2 Å². The fourth-order valence-electron chi connectivity index (χ4n) is 2.45. The van der Waals surface area contributed by atoms with E-state index in [0.29, 0.717) is 17.2 Å². The van der Waals surface area contributed by atoms with E-state index in [1.54, 1.807) is 24.3 Å². The van der Waals surface area contributed by atoms with E-state index in [-0.39, 0.29) is 30.3 Å². The number of rotatable bonds is 7. The number of carbonyl (C=O) groups excluding carboxylic acids is 2. The summed E-state index contributed by atoms with van der Waals surface area (Å²) in [5, 5.41) is 0.486. The minimum Gasteiger partial charge on any atom is -0.495 e. The van der Waals surface area contributed by atoms with Crippen LogP contribution in [0.4, 0.5) is 18.9 Å². The third-order valence-corrected chi connectivity index (χ3v) is 3.77. The lowest BCUT2D eigenvalue weighted by atomic mass is 9.88. The number of alkyl halides is 3. The van der Waals surface area contributed by atoms with Crippen LogP contribution in [0.5, 0.6) is 5.75 Å². The van der Waals surface area contributed by atoms with E-state index < -0.39 is 18.1 Å². The Kier molecular flexibility index (Phi) is 6.12. The summed E-state index contributed by atoms with van der Waals surface area (Å²) < 4.78 is 48.7. The Hall–Kier alpha value is -2.71. The molecule has 1 aliphatic carbocycles. The molecule has 0 aliphatic heterocycles. The molecular weight excluding hydrogens is 353 g/mol. The molecule has 0 fully saturated rings. The molecule has 1 N–H and O–H groups in total. The summed E-state index contributed by atoms with van der Waals surface area (Å²) in [5.41, 5.74) is 2.92. The number of amides is 1. The fraction of sp³-hybridized carbons (Fsp3) is 0.412. The maximum Gasteiger partial charge on any atom is 0.473 e. The summed E-state index contributed by atoms with van der Waals surface area (Å²) in [6.07, 6.45) is -2.74. The Balaban J connectivity index is 2.13. The van der Waals surface area contributed by atoms with Gasteiger partial charge in [-0.1, -0.05) is 18.2 Å². The van der Waals surface area contributed by atoms with Crippen LogP contribution in [0, 0.1) is 5.92 Å². The molecule has 0 saturated heterocycles. The Labute approximate surface area is 148 Å². The molecule has 1 aliphatic rings. The molecule has 9 heteroatoms. The second kappa shape index (κ2) is 8.11. The third-order valence-electron chi connectivity index (χ3n) is 3.77. The van der Waals surface area contributed by atoms with Crippen LogP contribution in [0.2, 0.25) is 0 Å². The highest BCUT2D eigenvalue weighted by Crippen LogP contribution is 2.35. The molecule has 6 nitrogen and oxygen atoms in total. The molecule has 0 heterocycles. The summed E-state index contributed by atoms with van der Waals surface area (Å²) in [7, 11) is 1.38. The first kappa shape index (κ1) is 19.6. The number of benzene rings is 1. The van der Waals surface area contributed by atoms with Gasteiger partial charge < -0.3 is 9.47 Å². The first-order valence-corrected chi connectivity index (χ1v) is 7.87. The summed E-state index contributed by atoms with van der Waals surface area (Å²) in [5.74, 6) is -2.19. The maximum atomic E-state index is 12.9. The van der Waals surface area contributed by atoms with Crippen LogP contribution in [0.25, 0.3) is 0 Å². The zero-order valence-corrected chi connectivity index (χ0v) is 14.3. The predicted octanol–water partition coefficient (Wildman–Crippen LogP) is 3.27. The van der Waals surface area contributed by atoms with Crippen LogP contribution in [0.15, 0.2) is 36.0 Å². The van der Waals surface area contributed by atoms with Gasteiger partial charge in [0.05, 0.1) is 19.4 Å². The summed E-state index contributed by atoms with van der Waals surface area (Å²) in [4.78, 5) is 22.5. The Morgan fingerprint density at radius 2 is 1.96 bits per heavy atom. The van der Waals surface area contributed by atoms with Crippen molar-refractivity contribution in [1.82, 2.24) is 5.01 Å². The van der Waals surface area contributed by atoms with Gasteiger partial charge >= 0.3 is 18.1 Å². The van der Waals surface area contributed by atoms with Gasteiger partial charge in [0.25, 0.3) is 0 Å². The summed E-state index contributed by atoms with van der Waals surface area (Å²) in [6.45, 7) is 1.46. The number of hydrazine groups is 1. The number of hydrogen-bond acceptors (Lipinski definition) is 5. The van der Waals surface area contributed by atoms with E-state index >= 15 is 0 Å². The SMILES string of the molecule is COc1ccccc1NN(C(=O)C(F)(F)F)C1=CC(CCOC(C)=O)C1. The largest absolute Gasteiger partial charge is 0.495 e. The average Bonchev–Trinajstić information content (AvgIpc) is 2.54. The number of para-hydroxylation sites is 2. The predicted molar refractivity (Wildman–Crippen MR) is 87.0 cm³/mol.